The number of amides is 3. The molecule has 14 heteroatoms. The van der Waals surface area contributed by atoms with Crippen molar-refractivity contribution in [2.24, 2.45) is 5.92 Å². The van der Waals surface area contributed by atoms with E-state index in [-0.39, 0.29) is 34.4 Å². The summed E-state index contributed by atoms with van der Waals surface area (Å²) in [5, 5.41) is 21.0. The van der Waals surface area contributed by atoms with E-state index < -0.39 is 43.0 Å². The lowest BCUT2D eigenvalue weighted by molar-refractivity contribution is -0.114. The molecule has 4 atom stereocenters. The number of aromatic nitrogens is 2. The molecule has 4 aliphatic heterocycles. The van der Waals surface area contributed by atoms with Crippen molar-refractivity contribution in [2.45, 2.75) is 61.2 Å². The lowest BCUT2D eigenvalue weighted by Gasteiger charge is -2.43. The highest BCUT2D eigenvalue weighted by atomic mass is 79.9. The minimum atomic E-state index is -2.88. The first-order chi connectivity index (χ1) is 20.5. The van der Waals surface area contributed by atoms with Gasteiger partial charge in [-0.2, -0.15) is 5.26 Å². The number of halogens is 4. The van der Waals surface area contributed by atoms with Crippen LogP contribution < -0.4 is 0 Å². The SMILES string of the molecule is CSc1nc2c(F)c(Br)c(CCC#N)cc2c2c1cc([C@H]1CCCN1C(=O)N1CC(F)(F)C1)n2[C@H]1[C@@H]2C[C@H]1N(C(=O)O)C2. The predicted octanol–water partition coefficient (Wildman–Crippen LogP) is 6.40. The van der Waals surface area contributed by atoms with Crippen LogP contribution in [0.4, 0.5) is 22.8 Å². The zero-order valence-corrected chi connectivity index (χ0v) is 25.6. The summed E-state index contributed by atoms with van der Waals surface area (Å²) >= 11 is 4.74. The molecule has 9 nitrogen and oxygen atoms in total. The Morgan fingerprint density at radius 1 is 1.26 bits per heavy atom. The summed E-state index contributed by atoms with van der Waals surface area (Å²) in [5.74, 6) is -3.38. The van der Waals surface area contributed by atoms with Gasteiger partial charge in [0.25, 0.3) is 5.92 Å². The fourth-order valence-electron chi connectivity index (χ4n) is 7.53. The average molecular weight is 678 g/mol. The highest BCUT2D eigenvalue weighted by molar-refractivity contribution is 9.10. The molecule has 8 rings (SSSR count). The molecule has 3 amide bonds. The first-order valence-electron chi connectivity index (χ1n) is 14.2. The van der Waals surface area contributed by atoms with E-state index in [2.05, 4.69) is 26.6 Å². The number of hydrogen-bond acceptors (Lipinski definition) is 5. The number of thioether (sulfide) groups is 1. The topological polar surface area (TPSA) is 106 Å². The van der Waals surface area contributed by atoms with Crippen molar-refractivity contribution in [3.8, 4) is 6.07 Å². The van der Waals surface area contributed by atoms with Gasteiger partial charge in [-0.1, -0.05) is 0 Å². The molecule has 1 saturated carbocycles. The van der Waals surface area contributed by atoms with Crippen LogP contribution >= 0.6 is 27.7 Å². The lowest BCUT2D eigenvalue weighted by atomic mass is 9.79. The van der Waals surface area contributed by atoms with Gasteiger partial charge in [0.1, 0.15) is 10.5 Å². The van der Waals surface area contributed by atoms with Crippen LogP contribution in [0.1, 0.15) is 49.0 Å². The normalized spacial score (nSPS) is 25.7. The third kappa shape index (κ3) is 4.29. The van der Waals surface area contributed by atoms with E-state index >= 15 is 4.39 Å². The Morgan fingerprint density at radius 2 is 2.02 bits per heavy atom. The molecule has 0 unspecified atom stereocenters. The molecule has 4 saturated heterocycles. The maximum absolute atomic E-state index is 15.9. The van der Waals surface area contributed by atoms with E-state index in [1.807, 2.05) is 18.4 Å². The summed E-state index contributed by atoms with van der Waals surface area (Å²) < 4.78 is 45.7. The van der Waals surface area contributed by atoms with E-state index in [0.717, 1.165) is 16.6 Å². The summed E-state index contributed by atoms with van der Waals surface area (Å²) in [6, 6.07) is 4.58. The second-order valence-corrected chi connectivity index (χ2v) is 13.5. The number of alkyl halides is 2. The smallest absolute Gasteiger partial charge is 0.407 e. The number of rotatable bonds is 5. The van der Waals surface area contributed by atoms with Crippen molar-refractivity contribution in [2.75, 3.05) is 32.4 Å². The highest BCUT2D eigenvalue weighted by Crippen LogP contribution is 2.54. The van der Waals surface area contributed by atoms with Crippen LogP contribution in [0.3, 0.4) is 0 Å². The Balaban J connectivity index is 1.46. The summed E-state index contributed by atoms with van der Waals surface area (Å²) in [4.78, 5) is 34.5. The molecule has 0 radical (unpaired) electrons. The number of nitrogens with zero attached hydrogens (tertiary/aromatic N) is 6. The first-order valence-corrected chi connectivity index (χ1v) is 16.3. The lowest BCUT2D eigenvalue weighted by Crippen LogP contribution is -2.61. The maximum atomic E-state index is 15.9. The Labute approximate surface area is 257 Å². The molecule has 43 heavy (non-hydrogen) atoms. The van der Waals surface area contributed by atoms with Gasteiger partial charge >= 0.3 is 12.1 Å². The number of carbonyl (C=O) groups is 2. The number of hydrogen-bond donors (Lipinski definition) is 1. The number of nitriles is 1. The third-order valence-electron chi connectivity index (χ3n) is 9.47. The molecule has 1 aromatic carbocycles. The summed E-state index contributed by atoms with van der Waals surface area (Å²) in [6.07, 6.45) is 3.40. The van der Waals surface area contributed by atoms with E-state index in [1.54, 1.807) is 4.90 Å². The molecule has 226 valence electrons. The van der Waals surface area contributed by atoms with Crippen molar-refractivity contribution in [1.82, 2.24) is 24.3 Å². The van der Waals surface area contributed by atoms with Crippen LogP contribution in [0.2, 0.25) is 0 Å². The van der Waals surface area contributed by atoms with Crippen molar-refractivity contribution in [3.05, 3.63) is 33.7 Å². The van der Waals surface area contributed by atoms with Crippen LogP contribution in [0.5, 0.6) is 0 Å². The van der Waals surface area contributed by atoms with E-state index in [1.165, 1.54) is 21.6 Å². The molecule has 2 bridgehead atoms. The molecule has 2 aromatic heterocycles. The molecule has 1 aliphatic carbocycles. The van der Waals surface area contributed by atoms with Crippen LogP contribution in [0, 0.1) is 23.1 Å². The number of aryl methyl sites for hydroxylation is 1. The predicted molar refractivity (Wildman–Crippen MR) is 157 cm³/mol. The number of carboxylic acid groups (broad SMARTS) is 1. The van der Waals surface area contributed by atoms with Crippen LogP contribution in [0.15, 0.2) is 21.6 Å². The molecule has 5 fully saturated rings. The van der Waals surface area contributed by atoms with Gasteiger partial charge < -0.3 is 24.4 Å². The van der Waals surface area contributed by atoms with Crippen LogP contribution in [-0.2, 0) is 6.42 Å². The maximum Gasteiger partial charge on any atom is 0.407 e. The number of benzene rings is 1. The molecule has 6 heterocycles. The van der Waals surface area contributed by atoms with Gasteiger partial charge in [0.2, 0.25) is 0 Å². The minimum absolute atomic E-state index is 0.0365. The van der Waals surface area contributed by atoms with E-state index in [0.29, 0.717) is 54.7 Å². The van der Waals surface area contributed by atoms with E-state index in [4.69, 9.17) is 4.98 Å². The zero-order valence-electron chi connectivity index (χ0n) is 23.2. The largest absolute Gasteiger partial charge is 0.465 e. The third-order valence-corrected chi connectivity index (χ3v) is 11.0. The Bertz CT molecular complexity index is 1740. The average Bonchev–Trinajstić information content (AvgIpc) is 3.74. The standard InChI is InChI=1S/C29H28BrF3N6O3S/c1-43-26-17-10-19(18-5-3-7-37(18)27(40)36-12-29(32,33)13-36)39(24-15-9-20(24)38(11-15)28(41)42)25(17)16-8-14(4-2-6-34)21(30)22(31)23(16)35-26/h8,10,15,18,20,24H,2-5,7,9,11-13H2,1H3,(H,41,42)/t15-,18-,20-,24+/m1/s1. The molecule has 1 N–H and O–H groups in total. The van der Waals surface area contributed by atoms with Crippen LogP contribution in [0.25, 0.3) is 21.8 Å². The summed E-state index contributed by atoms with van der Waals surface area (Å²) in [5.41, 5.74) is 2.29. The van der Waals surface area contributed by atoms with Gasteiger partial charge in [0, 0.05) is 41.9 Å². The monoisotopic (exact) mass is 676 g/mol. The zero-order chi connectivity index (χ0) is 30.4. The summed E-state index contributed by atoms with van der Waals surface area (Å²) in [6.45, 7) is -0.418. The fourth-order valence-corrected chi connectivity index (χ4v) is 8.59. The van der Waals surface area contributed by atoms with E-state index in [9.17, 15) is 28.7 Å². The van der Waals surface area contributed by atoms with Crippen molar-refractivity contribution >= 4 is 61.6 Å². The molecular weight excluding hydrogens is 649 g/mol. The molecule has 5 aliphatic rings. The number of fused-ring (bicyclic) bond motifs is 4. The molecule has 3 aromatic rings. The first kappa shape index (κ1) is 28.6. The highest BCUT2D eigenvalue weighted by Gasteiger charge is 2.56. The second kappa shape index (κ2) is 10.2. The molecular formula is C29H28BrF3N6O3S. The second-order valence-electron chi connectivity index (χ2n) is 11.9. The fraction of sp³-hybridized carbons (Fsp3) is 0.517. The van der Waals surface area contributed by atoms with Gasteiger partial charge in [-0.25, -0.2) is 27.7 Å². The molecule has 0 spiro atoms. The Kier molecular flexibility index (Phi) is 6.77. The van der Waals surface area contributed by atoms with Gasteiger partial charge in [0.05, 0.1) is 47.3 Å². The van der Waals surface area contributed by atoms with Gasteiger partial charge in [-0.15, -0.1) is 11.8 Å². The Hall–Kier alpha value is -3.18. The number of carbonyl (C=O) groups excluding carboxylic acids is 1. The van der Waals surface area contributed by atoms with Gasteiger partial charge in [0.15, 0.2) is 5.82 Å². The van der Waals surface area contributed by atoms with Gasteiger partial charge in [-0.05, 0) is 65.6 Å². The number of urea groups is 1. The number of pyridine rings is 1. The van der Waals surface area contributed by atoms with Gasteiger partial charge in [-0.3, -0.25) is 0 Å². The van der Waals surface area contributed by atoms with Crippen molar-refractivity contribution in [1.29, 1.82) is 5.26 Å². The summed E-state index contributed by atoms with van der Waals surface area (Å²) in [7, 11) is 0. The van der Waals surface area contributed by atoms with Crippen molar-refractivity contribution in [3.63, 3.8) is 0 Å². The minimum Gasteiger partial charge on any atom is -0.465 e. The quantitative estimate of drug-likeness (QED) is 0.314. The number of likely N-dealkylation sites (tertiary alicyclic amines) is 2. The van der Waals surface area contributed by atoms with Crippen molar-refractivity contribution < 1.29 is 27.9 Å². The Morgan fingerprint density at radius 3 is 2.67 bits per heavy atom. The van der Waals surface area contributed by atoms with Crippen LogP contribution in [-0.4, -0.2) is 85.9 Å².